The molecule has 2 heterocycles. The fourth-order valence-corrected chi connectivity index (χ4v) is 2.48. The van der Waals surface area contributed by atoms with E-state index in [4.69, 9.17) is 25.7 Å². The molecule has 0 aromatic heterocycles. The lowest BCUT2D eigenvalue weighted by atomic mass is 10.2. The van der Waals surface area contributed by atoms with Crippen LogP contribution in [0.15, 0.2) is 0 Å². The van der Waals surface area contributed by atoms with E-state index < -0.39 is 0 Å². The number of ether oxygens (including phenoxy) is 3. The number of nitrogens with two attached hydrogens (primary N) is 2. The molecular formula is C12H24N2O3. The van der Waals surface area contributed by atoms with Gasteiger partial charge in [-0.2, -0.15) is 0 Å². The summed E-state index contributed by atoms with van der Waals surface area (Å²) in [6, 6.07) is 0. The number of hydrogen-bond acceptors (Lipinski definition) is 5. The molecular weight excluding hydrogens is 220 g/mol. The Kier molecular flexibility index (Phi) is 5.18. The van der Waals surface area contributed by atoms with Crippen molar-refractivity contribution in [3.8, 4) is 0 Å². The van der Waals surface area contributed by atoms with Gasteiger partial charge in [-0.05, 0) is 25.7 Å². The number of rotatable bonds is 6. The Morgan fingerprint density at radius 3 is 1.53 bits per heavy atom. The van der Waals surface area contributed by atoms with E-state index >= 15 is 0 Å². The molecule has 0 radical (unpaired) electrons. The van der Waals surface area contributed by atoms with Crippen molar-refractivity contribution in [2.24, 2.45) is 11.5 Å². The number of hydrogen-bond donors (Lipinski definition) is 2. The molecule has 4 atom stereocenters. The first kappa shape index (κ1) is 13.2. The molecule has 5 nitrogen and oxygen atoms in total. The summed E-state index contributed by atoms with van der Waals surface area (Å²) >= 11 is 0. The van der Waals surface area contributed by atoms with Gasteiger partial charge in [-0.25, -0.2) is 0 Å². The van der Waals surface area contributed by atoms with Crippen LogP contribution in [-0.2, 0) is 14.2 Å². The summed E-state index contributed by atoms with van der Waals surface area (Å²) in [6.45, 7) is 2.54. The highest BCUT2D eigenvalue weighted by Gasteiger charge is 2.26. The highest BCUT2D eigenvalue weighted by Crippen LogP contribution is 2.21. The molecule has 0 spiro atoms. The van der Waals surface area contributed by atoms with E-state index in [9.17, 15) is 0 Å². The fraction of sp³-hybridized carbons (Fsp3) is 1.00. The average Bonchev–Trinajstić information content (AvgIpc) is 2.97. The van der Waals surface area contributed by atoms with Gasteiger partial charge in [0.05, 0.1) is 37.6 Å². The van der Waals surface area contributed by atoms with Gasteiger partial charge in [-0.15, -0.1) is 0 Å². The second-order valence-electron chi connectivity index (χ2n) is 4.92. The third-order valence-electron chi connectivity index (χ3n) is 3.52. The third kappa shape index (κ3) is 3.89. The van der Waals surface area contributed by atoms with Crippen LogP contribution in [-0.4, -0.2) is 50.7 Å². The first-order valence-corrected chi connectivity index (χ1v) is 6.60. The first-order chi connectivity index (χ1) is 8.31. The largest absolute Gasteiger partial charge is 0.376 e. The molecule has 2 aliphatic rings. The van der Waals surface area contributed by atoms with Crippen LogP contribution >= 0.6 is 0 Å². The zero-order chi connectivity index (χ0) is 12.1. The van der Waals surface area contributed by atoms with Gasteiger partial charge in [0.25, 0.3) is 0 Å². The highest BCUT2D eigenvalue weighted by molar-refractivity contribution is 4.76. The van der Waals surface area contributed by atoms with Crippen molar-refractivity contribution in [2.45, 2.75) is 50.1 Å². The Labute approximate surface area is 103 Å². The van der Waals surface area contributed by atoms with Crippen LogP contribution in [0.25, 0.3) is 0 Å². The van der Waals surface area contributed by atoms with E-state index in [-0.39, 0.29) is 24.4 Å². The molecule has 100 valence electrons. The molecule has 2 aliphatic heterocycles. The third-order valence-corrected chi connectivity index (χ3v) is 3.52. The monoisotopic (exact) mass is 244 g/mol. The van der Waals surface area contributed by atoms with E-state index in [0.29, 0.717) is 26.3 Å². The zero-order valence-electron chi connectivity index (χ0n) is 10.3. The smallest absolute Gasteiger partial charge is 0.0813 e. The van der Waals surface area contributed by atoms with E-state index in [2.05, 4.69) is 0 Å². The lowest BCUT2D eigenvalue weighted by Gasteiger charge is -2.16. The Morgan fingerprint density at radius 2 is 1.18 bits per heavy atom. The normalized spacial score (nSPS) is 37.8. The lowest BCUT2D eigenvalue weighted by Crippen LogP contribution is -2.26. The van der Waals surface area contributed by atoms with Gasteiger partial charge in [0.2, 0.25) is 0 Å². The Balaban J connectivity index is 1.55. The van der Waals surface area contributed by atoms with E-state index in [1.807, 2.05) is 0 Å². The summed E-state index contributed by atoms with van der Waals surface area (Å²) in [5.74, 6) is 0. The molecule has 0 aromatic rings. The first-order valence-electron chi connectivity index (χ1n) is 6.60. The van der Waals surface area contributed by atoms with Gasteiger partial charge in [0.1, 0.15) is 0 Å². The Hall–Kier alpha value is -0.200. The van der Waals surface area contributed by atoms with Gasteiger partial charge in [0, 0.05) is 13.1 Å². The predicted molar refractivity (Wildman–Crippen MR) is 64.7 cm³/mol. The van der Waals surface area contributed by atoms with E-state index in [0.717, 1.165) is 25.7 Å². The molecule has 17 heavy (non-hydrogen) atoms. The van der Waals surface area contributed by atoms with Crippen molar-refractivity contribution in [1.82, 2.24) is 0 Å². The van der Waals surface area contributed by atoms with E-state index in [1.165, 1.54) is 0 Å². The molecule has 4 N–H and O–H groups in total. The van der Waals surface area contributed by atoms with Crippen LogP contribution in [0.2, 0.25) is 0 Å². The molecule has 2 rings (SSSR count). The second-order valence-corrected chi connectivity index (χ2v) is 4.92. The molecule has 0 amide bonds. The summed E-state index contributed by atoms with van der Waals surface area (Å²) < 4.78 is 17.1. The summed E-state index contributed by atoms with van der Waals surface area (Å²) in [7, 11) is 0. The van der Waals surface area contributed by atoms with Crippen molar-refractivity contribution in [3.05, 3.63) is 0 Å². The summed E-state index contributed by atoms with van der Waals surface area (Å²) in [5, 5.41) is 0. The maximum atomic E-state index is 5.71. The predicted octanol–water partition coefficient (Wildman–Crippen LogP) is 0.0156. The molecule has 0 saturated carbocycles. The Bertz CT molecular complexity index is 206. The van der Waals surface area contributed by atoms with Crippen molar-refractivity contribution < 1.29 is 14.2 Å². The van der Waals surface area contributed by atoms with Crippen LogP contribution < -0.4 is 11.5 Å². The van der Waals surface area contributed by atoms with Crippen LogP contribution in [0, 0.1) is 0 Å². The lowest BCUT2D eigenvalue weighted by molar-refractivity contribution is -0.0500. The molecule has 5 heteroatoms. The van der Waals surface area contributed by atoms with Crippen LogP contribution in [0.3, 0.4) is 0 Å². The molecule has 4 unspecified atom stereocenters. The fourth-order valence-electron chi connectivity index (χ4n) is 2.48. The summed E-state index contributed by atoms with van der Waals surface area (Å²) in [4.78, 5) is 0. The van der Waals surface area contributed by atoms with Crippen molar-refractivity contribution in [1.29, 1.82) is 0 Å². The zero-order valence-corrected chi connectivity index (χ0v) is 10.3. The minimum Gasteiger partial charge on any atom is -0.376 e. The molecule has 2 saturated heterocycles. The summed E-state index contributed by atoms with van der Waals surface area (Å²) in [5.41, 5.74) is 11.1. The summed E-state index contributed by atoms with van der Waals surface area (Å²) in [6.07, 6.45) is 5.11. The molecule has 0 aromatic carbocycles. The maximum Gasteiger partial charge on any atom is 0.0813 e. The molecule has 2 fully saturated rings. The minimum absolute atomic E-state index is 0.218. The average molecular weight is 244 g/mol. The SMILES string of the molecule is NCC1CCC(COCC2CCC(CN)O2)O1. The van der Waals surface area contributed by atoms with E-state index in [1.54, 1.807) is 0 Å². The second kappa shape index (κ2) is 6.66. The van der Waals surface area contributed by atoms with Crippen molar-refractivity contribution >= 4 is 0 Å². The van der Waals surface area contributed by atoms with Crippen molar-refractivity contribution in [3.63, 3.8) is 0 Å². The molecule has 0 aliphatic carbocycles. The van der Waals surface area contributed by atoms with Crippen LogP contribution in [0.4, 0.5) is 0 Å². The van der Waals surface area contributed by atoms with Gasteiger partial charge in [-0.3, -0.25) is 0 Å². The van der Waals surface area contributed by atoms with Crippen LogP contribution in [0.5, 0.6) is 0 Å². The van der Waals surface area contributed by atoms with Gasteiger partial charge in [-0.1, -0.05) is 0 Å². The van der Waals surface area contributed by atoms with Gasteiger partial charge < -0.3 is 25.7 Å². The maximum absolute atomic E-state index is 5.71. The topological polar surface area (TPSA) is 79.7 Å². The Morgan fingerprint density at radius 1 is 0.765 bits per heavy atom. The van der Waals surface area contributed by atoms with Crippen molar-refractivity contribution in [2.75, 3.05) is 26.3 Å². The van der Waals surface area contributed by atoms with Gasteiger partial charge in [0.15, 0.2) is 0 Å². The quantitative estimate of drug-likeness (QED) is 0.688. The van der Waals surface area contributed by atoms with Crippen LogP contribution in [0.1, 0.15) is 25.7 Å². The molecule has 0 bridgehead atoms. The standard InChI is InChI=1S/C12H24N2O3/c13-5-9-1-3-11(16-9)7-15-8-12-4-2-10(6-14)17-12/h9-12H,1-8,13-14H2. The minimum atomic E-state index is 0.218. The highest BCUT2D eigenvalue weighted by atomic mass is 16.6. The van der Waals surface area contributed by atoms with Gasteiger partial charge >= 0.3 is 0 Å².